The number of pyridine rings is 1. The molecule has 0 amide bonds. The Labute approximate surface area is 118 Å². The number of thioether (sulfide) groups is 1. The summed E-state index contributed by atoms with van der Waals surface area (Å²) >= 11 is 2.01. The Morgan fingerprint density at radius 1 is 1.26 bits per heavy atom. The first-order chi connectivity index (χ1) is 9.24. The first-order valence-corrected chi connectivity index (χ1v) is 7.92. The summed E-state index contributed by atoms with van der Waals surface area (Å²) in [6.45, 7) is 2.37. The minimum atomic E-state index is 0.746. The summed E-state index contributed by atoms with van der Waals surface area (Å²) in [6.07, 6.45) is 7.30. The molecule has 1 aliphatic rings. The summed E-state index contributed by atoms with van der Waals surface area (Å²) in [4.78, 5) is 5.74. The van der Waals surface area contributed by atoms with E-state index in [0.717, 1.165) is 22.4 Å². The zero-order valence-electron chi connectivity index (χ0n) is 11.3. The van der Waals surface area contributed by atoms with Gasteiger partial charge >= 0.3 is 0 Å². The number of fused-ring (bicyclic) bond motifs is 1. The second kappa shape index (κ2) is 5.41. The van der Waals surface area contributed by atoms with Crippen molar-refractivity contribution in [1.29, 1.82) is 0 Å². The van der Waals surface area contributed by atoms with Gasteiger partial charge in [-0.1, -0.05) is 31.9 Å². The topological polar surface area (TPSA) is 38.9 Å². The highest BCUT2D eigenvalue weighted by molar-refractivity contribution is 8.00. The van der Waals surface area contributed by atoms with Crippen molar-refractivity contribution in [2.24, 2.45) is 5.92 Å². The number of nitrogens with two attached hydrogens (primary N) is 1. The molecular weight excluding hydrogens is 252 g/mol. The van der Waals surface area contributed by atoms with Gasteiger partial charge in [0.2, 0.25) is 0 Å². The number of aromatic nitrogens is 1. The summed E-state index contributed by atoms with van der Waals surface area (Å²) in [6, 6.07) is 8.21. The van der Waals surface area contributed by atoms with Crippen molar-refractivity contribution in [3.8, 4) is 0 Å². The molecular formula is C16H20N2S. The highest BCUT2D eigenvalue weighted by Crippen LogP contribution is 2.38. The number of benzene rings is 1. The molecule has 0 bridgehead atoms. The predicted molar refractivity (Wildman–Crippen MR) is 83.4 cm³/mol. The van der Waals surface area contributed by atoms with Crippen LogP contribution in [0.3, 0.4) is 0 Å². The van der Waals surface area contributed by atoms with Crippen molar-refractivity contribution in [3.63, 3.8) is 0 Å². The fraction of sp³-hybridized carbons (Fsp3) is 0.438. The Kier molecular flexibility index (Phi) is 3.65. The Balaban J connectivity index is 1.90. The maximum Gasteiger partial charge on any atom is 0.0942 e. The molecule has 3 rings (SSSR count). The molecule has 1 aromatic heterocycles. The average Bonchev–Trinajstić information content (AvgIpc) is 2.40. The molecule has 100 valence electrons. The van der Waals surface area contributed by atoms with E-state index >= 15 is 0 Å². The number of anilines is 1. The van der Waals surface area contributed by atoms with Gasteiger partial charge in [-0.05, 0) is 30.9 Å². The van der Waals surface area contributed by atoms with Crippen LogP contribution in [0.1, 0.15) is 32.6 Å². The van der Waals surface area contributed by atoms with E-state index in [9.17, 15) is 0 Å². The van der Waals surface area contributed by atoms with E-state index in [-0.39, 0.29) is 0 Å². The lowest BCUT2D eigenvalue weighted by molar-refractivity contribution is 0.394. The molecule has 2 unspecified atom stereocenters. The molecule has 1 heterocycles. The van der Waals surface area contributed by atoms with E-state index in [1.54, 1.807) is 0 Å². The lowest BCUT2D eigenvalue weighted by Crippen LogP contribution is -2.14. The summed E-state index contributed by atoms with van der Waals surface area (Å²) in [5.74, 6) is 0.865. The van der Waals surface area contributed by atoms with Crippen molar-refractivity contribution >= 4 is 28.4 Å². The standard InChI is InChI=1S/C16H20N2S/c1-11-4-2-5-12(10-11)19-15-8-9-18-16-13(15)6-3-7-14(16)17/h3,6-9,11-12H,2,4-5,10,17H2,1H3. The minimum absolute atomic E-state index is 0.746. The fourth-order valence-corrected chi connectivity index (χ4v) is 4.44. The third-order valence-electron chi connectivity index (χ3n) is 3.94. The molecule has 1 fully saturated rings. The third kappa shape index (κ3) is 2.71. The first-order valence-electron chi connectivity index (χ1n) is 7.04. The highest BCUT2D eigenvalue weighted by atomic mass is 32.2. The van der Waals surface area contributed by atoms with E-state index in [2.05, 4.69) is 24.0 Å². The van der Waals surface area contributed by atoms with Gasteiger partial charge in [0.1, 0.15) is 0 Å². The van der Waals surface area contributed by atoms with Gasteiger partial charge < -0.3 is 5.73 Å². The number of nitrogen functional groups attached to an aromatic ring is 1. The molecule has 0 spiro atoms. The van der Waals surface area contributed by atoms with Crippen LogP contribution < -0.4 is 5.73 Å². The minimum Gasteiger partial charge on any atom is -0.397 e. The van der Waals surface area contributed by atoms with E-state index in [1.165, 1.54) is 36.0 Å². The van der Waals surface area contributed by atoms with Crippen LogP contribution in [0.25, 0.3) is 10.9 Å². The smallest absolute Gasteiger partial charge is 0.0942 e. The number of hydrogen-bond donors (Lipinski definition) is 1. The Morgan fingerprint density at radius 3 is 3.00 bits per heavy atom. The molecule has 0 saturated heterocycles. The lowest BCUT2D eigenvalue weighted by atomic mass is 9.91. The normalized spacial score (nSPS) is 23.6. The van der Waals surface area contributed by atoms with Gasteiger partial charge in [0.15, 0.2) is 0 Å². The van der Waals surface area contributed by atoms with Crippen LogP contribution in [0.15, 0.2) is 35.4 Å². The molecule has 1 aromatic carbocycles. The van der Waals surface area contributed by atoms with Gasteiger partial charge in [0.25, 0.3) is 0 Å². The van der Waals surface area contributed by atoms with Crippen LogP contribution in [-0.4, -0.2) is 10.2 Å². The van der Waals surface area contributed by atoms with E-state index in [4.69, 9.17) is 5.73 Å². The Morgan fingerprint density at radius 2 is 2.16 bits per heavy atom. The van der Waals surface area contributed by atoms with Gasteiger partial charge in [-0.2, -0.15) is 0 Å². The van der Waals surface area contributed by atoms with Crippen LogP contribution in [0.2, 0.25) is 0 Å². The van der Waals surface area contributed by atoms with Gasteiger partial charge in [-0.3, -0.25) is 4.98 Å². The number of hydrogen-bond acceptors (Lipinski definition) is 3. The van der Waals surface area contributed by atoms with Crippen LogP contribution in [0, 0.1) is 5.92 Å². The maximum absolute atomic E-state index is 6.01. The van der Waals surface area contributed by atoms with E-state index < -0.39 is 0 Å². The van der Waals surface area contributed by atoms with Crippen molar-refractivity contribution in [2.75, 3.05) is 5.73 Å². The monoisotopic (exact) mass is 272 g/mol. The zero-order valence-corrected chi connectivity index (χ0v) is 12.1. The fourth-order valence-electron chi connectivity index (χ4n) is 2.94. The second-order valence-corrected chi connectivity index (χ2v) is 6.91. The Bertz CT molecular complexity index is 582. The molecule has 2 nitrogen and oxygen atoms in total. The molecule has 2 atom stereocenters. The van der Waals surface area contributed by atoms with Crippen molar-refractivity contribution < 1.29 is 0 Å². The third-order valence-corrected chi connectivity index (χ3v) is 5.32. The predicted octanol–water partition coefficient (Wildman–Crippen LogP) is 4.49. The van der Waals surface area contributed by atoms with Crippen LogP contribution in [0.5, 0.6) is 0 Å². The summed E-state index contributed by atoms with van der Waals surface area (Å²) in [5, 5.41) is 1.95. The summed E-state index contributed by atoms with van der Waals surface area (Å²) in [5.41, 5.74) is 7.72. The molecule has 0 radical (unpaired) electrons. The molecule has 3 heteroatoms. The van der Waals surface area contributed by atoms with Gasteiger partial charge in [0, 0.05) is 21.7 Å². The first kappa shape index (κ1) is 12.8. The van der Waals surface area contributed by atoms with Crippen LogP contribution in [-0.2, 0) is 0 Å². The summed E-state index contributed by atoms with van der Waals surface area (Å²) in [7, 11) is 0. The molecule has 19 heavy (non-hydrogen) atoms. The molecule has 1 aliphatic carbocycles. The van der Waals surface area contributed by atoms with Gasteiger partial charge in [0.05, 0.1) is 11.2 Å². The van der Waals surface area contributed by atoms with E-state index in [0.29, 0.717) is 0 Å². The number of para-hydroxylation sites is 1. The van der Waals surface area contributed by atoms with Crippen molar-refractivity contribution in [1.82, 2.24) is 4.98 Å². The quantitative estimate of drug-likeness (QED) is 0.819. The molecule has 0 aliphatic heterocycles. The zero-order chi connectivity index (χ0) is 13.2. The average molecular weight is 272 g/mol. The highest BCUT2D eigenvalue weighted by Gasteiger charge is 2.20. The number of rotatable bonds is 2. The number of nitrogens with zero attached hydrogens (tertiary/aromatic N) is 1. The molecule has 2 N–H and O–H groups in total. The van der Waals surface area contributed by atoms with E-state index in [1.807, 2.05) is 30.1 Å². The van der Waals surface area contributed by atoms with Gasteiger partial charge in [-0.25, -0.2) is 0 Å². The molecule has 1 saturated carbocycles. The maximum atomic E-state index is 6.01. The van der Waals surface area contributed by atoms with Crippen LogP contribution >= 0.6 is 11.8 Å². The summed E-state index contributed by atoms with van der Waals surface area (Å²) < 4.78 is 0. The van der Waals surface area contributed by atoms with Gasteiger partial charge in [-0.15, -0.1) is 11.8 Å². The van der Waals surface area contributed by atoms with Crippen molar-refractivity contribution in [3.05, 3.63) is 30.5 Å². The van der Waals surface area contributed by atoms with Crippen molar-refractivity contribution in [2.45, 2.75) is 42.8 Å². The Hall–Kier alpha value is -1.22. The molecule has 2 aromatic rings. The lowest BCUT2D eigenvalue weighted by Gasteiger charge is -2.26. The van der Waals surface area contributed by atoms with Crippen LogP contribution in [0.4, 0.5) is 5.69 Å². The SMILES string of the molecule is CC1CCCC(Sc2ccnc3c(N)cccc23)C1. The largest absolute Gasteiger partial charge is 0.397 e. The second-order valence-electron chi connectivity index (χ2n) is 5.56.